The minimum Gasteiger partial charge on any atom is -0.342 e. The molecule has 0 radical (unpaired) electrons. The van der Waals surface area contributed by atoms with E-state index in [2.05, 4.69) is 91.7 Å². The van der Waals surface area contributed by atoms with Crippen LogP contribution in [-0.2, 0) is 4.79 Å². The van der Waals surface area contributed by atoms with E-state index >= 15 is 0 Å². The fourth-order valence-corrected chi connectivity index (χ4v) is 4.54. The third-order valence-electron chi connectivity index (χ3n) is 6.15. The first-order valence-corrected chi connectivity index (χ1v) is 11.5. The summed E-state index contributed by atoms with van der Waals surface area (Å²) < 4.78 is 0. The number of carbonyl (C=O) groups is 1. The molecule has 1 aliphatic heterocycles. The maximum atomic E-state index is 12.7. The summed E-state index contributed by atoms with van der Waals surface area (Å²) in [6, 6.07) is 17.3. The number of benzene rings is 2. The topological polar surface area (TPSA) is 32.3 Å². The molecule has 1 N–H and O–H groups in total. The summed E-state index contributed by atoms with van der Waals surface area (Å²) >= 11 is 0. The molecular formula is C28H35ClN2O. The first-order chi connectivity index (χ1) is 14.9. The van der Waals surface area contributed by atoms with E-state index in [-0.39, 0.29) is 23.7 Å². The van der Waals surface area contributed by atoms with E-state index in [9.17, 15) is 4.79 Å². The van der Waals surface area contributed by atoms with Gasteiger partial charge in [-0.3, -0.25) is 4.79 Å². The van der Waals surface area contributed by atoms with Crippen molar-refractivity contribution in [2.45, 2.75) is 40.0 Å². The Kier molecular flexibility index (Phi) is 7.97. The molecule has 4 rings (SSSR count). The summed E-state index contributed by atoms with van der Waals surface area (Å²) in [5, 5.41) is 3.42. The van der Waals surface area contributed by atoms with Gasteiger partial charge < -0.3 is 10.2 Å². The quantitative estimate of drug-likeness (QED) is 0.491. The fourth-order valence-electron chi connectivity index (χ4n) is 4.54. The average Bonchev–Trinajstić information content (AvgIpc) is 2.93. The van der Waals surface area contributed by atoms with Crippen LogP contribution in [0.15, 0.2) is 54.1 Å². The number of rotatable bonds is 4. The molecule has 0 spiro atoms. The van der Waals surface area contributed by atoms with Crippen molar-refractivity contribution >= 4 is 36.0 Å². The molecule has 3 nitrogen and oxygen atoms in total. The van der Waals surface area contributed by atoms with Gasteiger partial charge in [-0.25, -0.2) is 0 Å². The Labute approximate surface area is 199 Å². The highest BCUT2D eigenvalue weighted by Gasteiger charge is 2.24. The van der Waals surface area contributed by atoms with Crippen molar-refractivity contribution in [3.63, 3.8) is 0 Å². The van der Waals surface area contributed by atoms with Crippen LogP contribution in [0.4, 0.5) is 0 Å². The first kappa shape index (κ1) is 24.3. The van der Waals surface area contributed by atoms with Crippen LogP contribution in [0.1, 0.15) is 62.3 Å². The molecule has 170 valence electrons. The zero-order valence-corrected chi connectivity index (χ0v) is 20.3. The predicted molar refractivity (Wildman–Crippen MR) is 138 cm³/mol. The van der Waals surface area contributed by atoms with Gasteiger partial charge in [-0.2, -0.15) is 0 Å². The van der Waals surface area contributed by atoms with Crippen LogP contribution in [0.2, 0.25) is 0 Å². The number of nitrogens with zero attached hydrogens (tertiary/aromatic N) is 1. The van der Waals surface area contributed by atoms with Crippen molar-refractivity contribution in [2.24, 2.45) is 5.41 Å². The number of nitrogens with one attached hydrogen (secondary N) is 1. The SMILES string of the molecule is CC(C)(C)CNCCC(=O)N1CCC(=C2c3ccccc3C=Cc3ccccc32)CC1.Cl. The summed E-state index contributed by atoms with van der Waals surface area (Å²) in [5.41, 5.74) is 8.24. The van der Waals surface area contributed by atoms with E-state index in [1.54, 1.807) is 0 Å². The minimum absolute atomic E-state index is 0. The number of hydrogen-bond donors (Lipinski definition) is 1. The monoisotopic (exact) mass is 450 g/mol. The fraction of sp³-hybridized carbons (Fsp3) is 0.393. The molecule has 0 atom stereocenters. The number of carbonyl (C=O) groups excluding carboxylic acids is 1. The van der Waals surface area contributed by atoms with Crippen LogP contribution in [0.3, 0.4) is 0 Å². The van der Waals surface area contributed by atoms with E-state index in [1.165, 1.54) is 33.4 Å². The molecule has 4 heteroatoms. The van der Waals surface area contributed by atoms with E-state index in [1.807, 2.05) is 0 Å². The molecule has 1 saturated heterocycles. The van der Waals surface area contributed by atoms with Crippen LogP contribution >= 0.6 is 12.4 Å². The maximum Gasteiger partial charge on any atom is 0.223 e. The third-order valence-corrected chi connectivity index (χ3v) is 6.15. The van der Waals surface area contributed by atoms with Crippen molar-refractivity contribution in [3.05, 3.63) is 76.4 Å². The zero-order valence-electron chi connectivity index (χ0n) is 19.5. The molecular weight excluding hydrogens is 416 g/mol. The van der Waals surface area contributed by atoms with Crippen molar-refractivity contribution in [3.8, 4) is 0 Å². The number of amides is 1. The van der Waals surface area contributed by atoms with Gasteiger partial charge in [0, 0.05) is 32.6 Å². The molecule has 1 amide bonds. The first-order valence-electron chi connectivity index (χ1n) is 11.5. The van der Waals surface area contributed by atoms with Gasteiger partial charge in [-0.05, 0) is 46.1 Å². The lowest BCUT2D eigenvalue weighted by Gasteiger charge is -2.31. The highest BCUT2D eigenvalue weighted by atomic mass is 35.5. The Morgan fingerprint density at radius 2 is 1.44 bits per heavy atom. The Bertz CT molecular complexity index is 955. The molecule has 0 saturated carbocycles. The van der Waals surface area contributed by atoms with Crippen molar-refractivity contribution in [1.82, 2.24) is 10.2 Å². The molecule has 2 aromatic carbocycles. The lowest BCUT2D eigenvalue weighted by Crippen LogP contribution is -2.38. The predicted octanol–water partition coefficient (Wildman–Crippen LogP) is 6.04. The second kappa shape index (κ2) is 10.5. The summed E-state index contributed by atoms with van der Waals surface area (Å²) in [5.74, 6) is 0.272. The van der Waals surface area contributed by atoms with Crippen LogP contribution in [0.5, 0.6) is 0 Å². The molecule has 0 aromatic heterocycles. The number of fused-ring (bicyclic) bond motifs is 2. The number of hydrogen-bond acceptors (Lipinski definition) is 2. The normalized spacial score (nSPS) is 15.5. The average molecular weight is 451 g/mol. The molecule has 32 heavy (non-hydrogen) atoms. The number of likely N-dealkylation sites (tertiary alicyclic amines) is 1. The van der Waals surface area contributed by atoms with Crippen LogP contribution in [0, 0.1) is 5.41 Å². The maximum absolute atomic E-state index is 12.7. The molecule has 1 heterocycles. The highest BCUT2D eigenvalue weighted by Crippen LogP contribution is 2.38. The lowest BCUT2D eigenvalue weighted by molar-refractivity contribution is -0.131. The van der Waals surface area contributed by atoms with Crippen LogP contribution < -0.4 is 5.32 Å². The summed E-state index contributed by atoms with van der Waals surface area (Å²) in [6.07, 6.45) is 6.92. The van der Waals surface area contributed by atoms with Gasteiger partial charge in [0.15, 0.2) is 0 Å². The molecule has 1 fully saturated rings. The second-order valence-electron chi connectivity index (χ2n) is 9.85. The molecule has 0 unspecified atom stereocenters. The highest BCUT2D eigenvalue weighted by molar-refractivity contribution is 5.95. The van der Waals surface area contributed by atoms with Gasteiger partial charge in [-0.15, -0.1) is 12.4 Å². The largest absolute Gasteiger partial charge is 0.342 e. The van der Waals surface area contributed by atoms with Gasteiger partial charge in [-0.1, -0.05) is 87.0 Å². The molecule has 2 aromatic rings. The number of halogens is 1. The van der Waals surface area contributed by atoms with Crippen molar-refractivity contribution in [1.29, 1.82) is 0 Å². The van der Waals surface area contributed by atoms with E-state index in [0.717, 1.165) is 39.0 Å². The smallest absolute Gasteiger partial charge is 0.223 e. The Hall–Kier alpha value is -2.36. The minimum atomic E-state index is 0. The number of piperidine rings is 1. The summed E-state index contributed by atoms with van der Waals surface area (Å²) in [4.78, 5) is 14.8. The molecule has 1 aliphatic carbocycles. The lowest BCUT2D eigenvalue weighted by atomic mass is 9.86. The molecule has 2 aliphatic rings. The van der Waals surface area contributed by atoms with E-state index in [0.29, 0.717) is 6.42 Å². The Morgan fingerprint density at radius 3 is 1.97 bits per heavy atom. The van der Waals surface area contributed by atoms with Gasteiger partial charge >= 0.3 is 0 Å². The second-order valence-corrected chi connectivity index (χ2v) is 9.85. The summed E-state index contributed by atoms with van der Waals surface area (Å²) in [6.45, 7) is 9.95. The Balaban J connectivity index is 0.00000289. The zero-order chi connectivity index (χ0) is 21.8. The van der Waals surface area contributed by atoms with Crippen LogP contribution in [0.25, 0.3) is 17.7 Å². The standard InChI is InChI=1S/C28H34N2O.ClH/c1-28(2,3)20-29-17-14-26(31)30-18-15-23(16-19-30)27-24-10-6-4-8-21(24)12-13-22-9-5-7-11-25(22)27;/h4-13,29H,14-20H2,1-3H3;1H. The van der Waals surface area contributed by atoms with Gasteiger partial charge in [0.25, 0.3) is 0 Å². The third kappa shape index (κ3) is 5.70. The van der Waals surface area contributed by atoms with E-state index < -0.39 is 0 Å². The van der Waals surface area contributed by atoms with E-state index in [4.69, 9.17) is 0 Å². The van der Waals surface area contributed by atoms with Crippen molar-refractivity contribution in [2.75, 3.05) is 26.2 Å². The van der Waals surface area contributed by atoms with Gasteiger partial charge in [0.05, 0.1) is 0 Å². The van der Waals surface area contributed by atoms with Gasteiger partial charge in [0.2, 0.25) is 5.91 Å². The summed E-state index contributed by atoms with van der Waals surface area (Å²) in [7, 11) is 0. The van der Waals surface area contributed by atoms with Crippen molar-refractivity contribution < 1.29 is 4.79 Å². The van der Waals surface area contributed by atoms with Gasteiger partial charge in [0.1, 0.15) is 0 Å². The molecule has 0 bridgehead atoms. The Morgan fingerprint density at radius 1 is 0.906 bits per heavy atom. The van der Waals surface area contributed by atoms with Crippen LogP contribution in [-0.4, -0.2) is 37.0 Å².